The fraction of sp³-hybridized carbons (Fsp3) is 0.866. The summed E-state index contributed by atoms with van der Waals surface area (Å²) < 4.78 is 17.0. The Morgan fingerprint density at radius 1 is 0.288 bits per heavy atom. The Morgan fingerprint density at radius 3 is 0.836 bits per heavy atom. The monoisotopic (exact) mass is 1020 g/mol. The van der Waals surface area contributed by atoms with Crippen LogP contribution in [0.4, 0.5) is 0 Å². The Balaban J connectivity index is 4.32. The number of unbranched alkanes of at least 4 members (excludes halogenated alkanes) is 43. The minimum atomic E-state index is -0.771. The van der Waals surface area contributed by atoms with Crippen LogP contribution in [-0.4, -0.2) is 37.2 Å². The minimum Gasteiger partial charge on any atom is -0.462 e. The molecule has 0 aromatic carbocycles. The van der Waals surface area contributed by atoms with E-state index in [-0.39, 0.29) is 31.1 Å². The van der Waals surface area contributed by atoms with Crippen molar-refractivity contribution in [2.45, 2.75) is 361 Å². The molecule has 0 N–H and O–H groups in total. The molecule has 0 aromatic heterocycles. The molecule has 0 aliphatic carbocycles. The predicted molar refractivity (Wildman–Crippen MR) is 316 cm³/mol. The summed E-state index contributed by atoms with van der Waals surface area (Å²) in [7, 11) is 0. The number of hydrogen-bond acceptors (Lipinski definition) is 6. The number of rotatable bonds is 60. The van der Waals surface area contributed by atoms with Crippen LogP contribution in [0.15, 0.2) is 36.5 Å². The number of hydrogen-bond donors (Lipinski definition) is 0. The van der Waals surface area contributed by atoms with Crippen LogP contribution in [0.5, 0.6) is 0 Å². The lowest BCUT2D eigenvalue weighted by atomic mass is 10.0. The molecule has 0 radical (unpaired) electrons. The lowest BCUT2D eigenvalue weighted by Crippen LogP contribution is -2.30. The van der Waals surface area contributed by atoms with Gasteiger partial charge in [0.05, 0.1) is 0 Å². The summed E-state index contributed by atoms with van der Waals surface area (Å²) in [5.41, 5.74) is 0. The van der Waals surface area contributed by atoms with E-state index in [1.165, 1.54) is 238 Å². The molecule has 0 bridgehead atoms. The average molecular weight is 1030 g/mol. The SMILES string of the molecule is CC/C=C\C/C=C\C/C=C\CCCCCCCCCCCC(=O)OCC(COC(=O)CCCCCCCCCCCCCCCCCCCC)OC(=O)CCCCCCCCCCCCCCCCCCCC. The van der Waals surface area contributed by atoms with Crippen molar-refractivity contribution < 1.29 is 28.6 Å². The van der Waals surface area contributed by atoms with Crippen LogP contribution in [0.2, 0.25) is 0 Å². The summed E-state index contributed by atoms with van der Waals surface area (Å²) in [4.78, 5) is 38.4. The topological polar surface area (TPSA) is 78.9 Å². The molecule has 0 saturated carbocycles. The fourth-order valence-electron chi connectivity index (χ4n) is 9.81. The largest absolute Gasteiger partial charge is 0.462 e. The third-order valence-electron chi connectivity index (χ3n) is 14.7. The average Bonchev–Trinajstić information content (AvgIpc) is 3.39. The minimum absolute atomic E-state index is 0.0677. The molecule has 0 saturated heterocycles. The zero-order chi connectivity index (χ0) is 52.9. The zero-order valence-electron chi connectivity index (χ0n) is 49.2. The van der Waals surface area contributed by atoms with Gasteiger partial charge < -0.3 is 14.2 Å². The first-order valence-electron chi connectivity index (χ1n) is 32.5. The van der Waals surface area contributed by atoms with Gasteiger partial charge in [0.15, 0.2) is 6.10 Å². The molecule has 0 spiro atoms. The van der Waals surface area contributed by atoms with Gasteiger partial charge in [-0.05, 0) is 51.4 Å². The lowest BCUT2D eigenvalue weighted by Gasteiger charge is -2.18. The van der Waals surface area contributed by atoms with Crippen molar-refractivity contribution >= 4 is 17.9 Å². The van der Waals surface area contributed by atoms with E-state index < -0.39 is 6.10 Å². The number of ether oxygens (including phenoxy) is 3. The molecule has 6 heteroatoms. The third kappa shape index (κ3) is 60.4. The molecule has 0 rings (SSSR count). The number of carbonyl (C=O) groups excluding carboxylic acids is 3. The molecule has 0 heterocycles. The van der Waals surface area contributed by atoms with Gasteiger partial charge in [0.2, 0.25) is 0 Å². The van der Waals surface area contributed by atoms with Crippen molar-refractivity contribution in [2.75, 3.05) is 13.2 Å². The van der Waals surface area contributed by atoms with Crippen LogP contribution in [0.3, 0.4) is 0 Å². The summed E-state index contributed by atoms with van der Waals surface area (Å²) in [6.45, 7) is 6.60. The number of esters is 3. The van der Waals surface area contributed by atoms with E-state index in [0.717, 1.165) is 77.0 Å². The smallest absolute Gasteiger partial charge is 0.306 e. The molecule has 73 heavy (non-hydrogen) atoms. The van der Waals surface area contributed by atoms with Crippen LogP contribution in [0.25, 0.3) is 0 Å². The Bertz CT molecular complexity index is 1220. The zero-order valence-corrected chi connectivity index (χ0v) is 49.2. The standard InChI is InChI=1S/C67H124O6/c1-4-7-10-13-16-19-22-25-28-31-34-37-39-42-45-48-51-54-57-60-66(69)72-63-64(73-67(70)61-58-55-52-49-46-43-40-36-33-30-27-24-21-18-15-12-9-6-3)62-71-65(68)59-56-53-50-47-44-41-38-35-32-29-26-23-20-17-14-11-8-5-2/h7,10,16,19,25,28,64H,4-6,8-9,11-15,17-18,20-24,26-27,29-63H2,1-3H3/b10-7-,19-16-,28-25-. The van der Waals surface area contributed by atoms with Gasteiger partial charge in [0.25, 0.3) is 0 Å². The Kier molecular flexibility index (Phi) is 60.2. The van der Waals surface area contributed by atoms with E-state index in [0.29, 0.717) is 19.3 Å². The molecular formula is C67H124O6. The summed E-state index contributed by atoms with van der Waals surface area (Å²) in [6, 6.07) is 0. The fourth-order valence-corrected chi connectivity index (χ4v) is 9.81. The van der Waals surface area contributed by atoms with Crippen LogP contribution >= 0.6 is 0 Å². The first-order chi connectivity index (χ1) is 36.0. The molecule has 0 aliphatic heterocycles. The van der Waals surface area contributed by atoms with Crippen molar-refractivity contribution in [1.29, 1.82) is 0 Å². The third-order valence-corrected chi connectivity index (χ3v) is 14.7. The van der Waals surface area contributed by atoms with E-state index in [4.69, 9.17) is 14.2 Å². The summed E-state index contributed by atoms with van der Waals surface area (Å²) >= 11 is 0. The second-order valence-corrected chi connectivity index (χ2v) is 22.0. The molecule has 0 aromatic rings. The Labute approximate surface area is 455 Å². The molecule has 0 fully saturated rings. The first-order valence-corrected chi connectivity index (χ1v) is 32.5. The van der Waals surface area contributed by atoms with E-state index in [9.17, 15) is 14.4 Å². The van der Waals surface area contributed by atoms with Crippen LogP contribution in [0, 0.1) is 0 Å². The van der Waals surface area contributed by atoms with Gasteiger partial charge >= 0.3 is 17.9 Å². The quantitative estimate of drug-likeness (QED) is 0.0261. The molecule has 0 aliphatic rings. The van der Waals surface area contributed by atoms with E-state index >= 15 is 0 Å². The molecule has 1 unspecified atom stereocenters. The van der Waals surface area contributed by atoms with Crippen LogP contribution in [0.1, 0.15) is 355 Å². The second-order valence-electron chi connectivity index (χ2n) is 22.0. The van der Waals surface area contributed by atoms with E-state index in [1.807, 2.05) is 0 Å². The molecule has 0 amide bonds. The van der Waals surface area contributed by atoms with Gasteiger partial charge in [-0.15, -0.1) is 0 Å². The highest BCUT2D eigenvalue weighted by molar-refractivity contribution is 5.71. The maximum absolute atomic E-state index is 12.9. The lowest BCUT2D eigenvalue weighted by molar-refractivity contribution is -0.167. The van der Waals surface area contributed by atoms with E-state index in [1.54, 1.807) is 0 Å². The number of carbonyl (C=O) groups is 3. The van der Waals surface area contributed by atoms with Crippen LogP contribution in [-0.2, 0) is 28.6 Å². The van der Waals surface area contributed by atoms with Crippen LogP contribution < -0.4 is 0 Å². The molecule has 6 nitrogen and oxygen atoms in total. The van der Waals surface area contributed by atoms with Gasteiger partial charge in [0.1, 0.15) is 13.2 Å². The Morgan fingerprint density at radius 2 is 0.534 bits per heavy atom. The van der Waals surface area contributed by atoms with Gasteiger partial charge in [-0.2, -0.15) is 0 Å². The highest BCUT2D eigenvalue weighted by Crippen LogP contribution is 2.18. The summed E-state index contributed by atoms with van der Waals surface area (Å²) in [5.74, 6) is -0.845. The maximum atomic E-state index is 12.9. The van der Waals surface area contributed by atoms with Gasteiger partial charge in [-0.1, -0.05) is 320 Å². The highest BCUT2D eigenvalue weighted by Gasteiger charge is 2.19. The molecular weight excluding hydrogens is 901 g/mol. The molecule has 1 atom stereocenters. The van der Waals surface area contributed by atoms with Crippen molar-refractivity contribution in [3.63, 3.8) is 0 Å². The first kappa shape index (κ1) is 70.6. The maximum Gasteiger partial charge on any atom is 0.306 e. The second kappa shape index (κ2) is 62.2. The Hall–Kier alpha value is -2.37. The summed E-state index contributed by atoms with van der Waals surface area (Å²) in [5, 5.41) is 0. The van der Waals surface area contributed by atoms with Crippen molar-refractivity contribution in [3.8, 4) is 0 Å². The number of allylic oxidation sites excluding steroid dienone is 6. The van der Waals surface area contributed by atoms with E-state index in [2.05, 4.69) is 57.2 Å². The van der Waals surface area contributed by atoms with Crippen molar-refractivity contribution in [1.82, 2.24) is 0 Å². The van der Waals surface area contributed by atoms with Crippen molar-refractivity contribution in [2.24, 2.45) is 0 Å². The van der Waals surface area contributed by atoms with Gasteiger partial charge in [-0.3, -0.25) is 14.4 Å². The van der Waals surface area contributed by atoms with Crippen molar-refractivity contribution in [3.05, 3.63) is 36.5 Å². The highest BCUT2D eigenvalue weighted by atomic mass is 16.6. The summed E-state index contributed by atoms with van der Waals surface area (Å²) in [6.07, 6.45) is 75.8. The predicted octanol–water partition coefficient (Wildman–Crippen LogP) is 22.0. The molecule has 428 valence electrons. The normalized spacial score (nSPS) is 12.2. The van der Waals surface area contributed by atoms with Gasteiger partial charge in [0, 0.05) is 19.3 Å². The van der Waals surface area contributed by atoms with Gasteiger partial charge in [-0.25, -0.2) is 0 Å².